The number of aromatic nitrogens is 6. The van der Waals surface area contributed by atoms with Crippen LogP contribution in [-0.4, -0.2) is 35.3 Å². The molecule has 1 aliphatic carbocycles. The number of hydrogen-bond donors (Lipinski definition) is 3. The molecular weight excluding hydrogens is 479 g/mol. The molecule has 0 saturated heterocycles. The first kappa shape index (κ1) is 23.3. The lowest BCUT2D eigenvalue weighted by molar-refractivity contribution is 0.444. The molecule has 1 aromatic carbocycles. The van der Waals surface area contributed by atoms with E-state index in [1.165, 1.54) is 18.3 Å². The number of aryl methyl sites for hydroxylation is 1. The van der Waals surface area contributed by atoms with Gasteiger partial charge < -0.3 is 10.3 Å². The van der Waals surface area contributed by atoms with Gasteiger partial charge in [0.25, 0.3) is 5.56 Å². The average Bonchev–Trinajstić information content (AvgIpc) is 3.46. The van der Waals surface area contributed by atoms with E-state index in [4.69, 9.17) is 0 Å². The van der Waals surface area contributed by atoms with E-state index in [0.717, 1.165) is 32.5 Å². The van der Waals surface area contributed by atoms with Gasteiger partial charge >= 0.3 is 11.4 Å². The number of anilines is 1. The molecule has 1 fully saturated rings. The second-order valence-corrected chi connectivity index (χ2v) is 8.62. The van der Waals surface area contributed by atoms with Crippen LogP contribution in [0.2, 0.25) is 0 Å². The maximum Gasteiger partial charge on any atom is 0.355 e. The van der Waals surface area contributed by atoms with Gasteiger partial charge in [0.2, 0.25) is 5.95 Å². The number of rotatable bonds is 7. The minimum absolute atomic E-state index is 0.00706. The first-order chi connectivity index (χ1) is 17.2. The van der Waals surface area contributed by atoms with Crippen molar-refractivity contribution in [2.24, 2.45) is 0 Å². The summed E-state index contributed by atoms with van der Waals surface area (Å²) in [5, 5.41) is 10.1. The van der Waals surface area contributed by atoms with Crippen LogP contribution in [-0.2, 0) is 13.1 Å². The van der Waals surface area contributed by atoms with Gasteiger partial charge in [-0.15, -0.1) is 0 Å². The molecule has 2 atom stereocenters. The van der Waals surface area contributed by atoms with Crippen molar-refractivity contribution >= 4 is 5.95 Å². The van der Waals surface area contributed by atoms with E-state index in [2.05, 4.69) is 25.5 Å². The number of hydrogen-bond acceptors (Lipinski definition) is 6. The number of pyridine rings is 1. The lowest BCUT2D eigenvalue weighted by Crippen LogP contribution is -2.44. The third-order valence-corrected chi connectivity index (χ3v) is 6.09. The number of H-pyrrole nitrogens is 2. The van der Waals surface area contributed by atoms with Crippen LogP contribution in [0.3, 0.4) is 0 Å². The minimum atomic E-state index is -1.63. The first-order valence-corrected chi connectivity index (χ1v) is 11.0. The van der Waals surface area contributed by atoms with Gasteiger partial charge in [0.15, 0.2) is 17.5 Å². The van der Waals surface area contributed by atoms with E-state index in [1.54, 1.807) is 6.20 Å². The zero-order valence-corrected chi connectivity index (χ0v) is 18.9. The molecule has 1 aliphatic rings. The van der Waals surface area contributed by atoms with Crippen LogP contribution in [0, 0.1) is 24.4 Å². The van der Waals surface area contributed by atoms with Crippen molar-refractivity contribution in [2.45, 2.75) is 38.4 Å². The minimum Gasteiger partial charge on any atom is -0.352 e. The van der Waals surface area contributed by atoms with Crippen molar-refractivity contribution < 1.29 is 13.2 Å². The molecule has 1 saturated carbocycles. The fourth-order valence-corrected chi connectivity index (χ4v) is 4.11. The highest BCUT2D eigenvalue weighted by Gasteiger charge is 2.41. The maximum absolute atomic E-state index is 13.8. The van der Waals surface area contributed by atoms with Crippen molar-refractivity contribution in [1.29, 1.82) is 0 Å². The summed E-state index contributed by atoms with van der Waals surface area (Å²) in [5.41, 5.74) is -0.394. The molecule has 36 heavy (non-hydrogen) atoms. The van der Waals surface area contributed by atoms with Crippen LogP contribution in [0.4, 0.5) is 19.1 Å². The summed E-state index contributed by atoms with van der Waals surface area (Å²) in [6, 6.07) is 4.32. The maximum atomic E-state index is 13.8. The molecule has 3 heterocycles. The predicted molar refractivity (Wildman–Crippen MR) is 122 cm³/mol. The van der Waals surface area contributed by atoms with E-state index < -0.39 is 40.9 Å². The predicted octanol–water partition coefficient (Wildman–Crippen LogP) is 1.61. The summed E-state index contributed by atoms with van der Waals surface area (Å²) >= 11 is 0. The van der Waals surface area contributed by atoms with Crippen molar-refractivity contribution in [3.05, 3.63) is 108 Å². The van der Waals surface area contributed by atoms with Crippen LogP contribution in [0.5, 0.6) is 0 Å². The third kappa shape index (κ3) is 4.34. The summed E-state index contributed by atoms with van der Waals surface area (Å²) in [6.07, 6.45) is 3.82. The first-order valence-electron chi connectivity index (χ1n) is 11.0. The Labute approximate surface area is 200 Å². The molecule has 5 rings (SSSR count). The SMILES string of the molecule is Cc1c[nH]nc1[C@@H]1C[C@H]1Nc1nc(=O)n(Cc2ccc[nH]c2=O)c(=O)n1Cc1cc(F)c(F)c(F)c1. The zero-order chi connectivity index (χ0) is 25.6. The van der Waals surface area contributed by atoms with Crippen molar-refractivity contribution in [2.75, 3.05) is 5.32 Å². The van der Waals surface area contributed by atoms with E-state index in [-0.39, 0.29) is 35.6 Å². The Morgan fingerprint density at radius 1 is 1.11 bits per heavy atom. The normalized spacial score (nSPS) is 16.8. The van der Waals surface area contributed by atoms with Crippen LogP contribution < -0.4 is 22.3 Å². The summed E-state index contributed by atoms with van der Waals surface area (Å²) in [4.78, 5) is 44.7. The van der Waals surface area contributed by atoms with Gasteiger partial charge in [-0.05, 0) is 42.7 Å². The largest absolute Gasteiger partial charge is 0.355 e. The molecule has 13 heteroatoms. The zero-order valence-electron chi connectivity index (χ0n) is 18.9. The summed E-state index contributed by atoms with van der Waals surface area (Å²) in [6.45, 7) is 1.12. The smallest absolute Gasteiger partial charge is 0.352 e. The molecule has 186 valence electrons. The Kier molecular flexibility index (Phi) is 5.82. The topological polar surface area (TPSA) is 130 Å². The molecular formula is C23H20F3N7O3. The Hall–Kier alpha value is -4.42. The lowest BCUT2D eigenvalue weighted by atomic mass is 10.2. The molecule has 3 N–H and O–H groups in total. The van der Waals surface area contributed by atoms with Crippen LogP contribution >= 0.6 is 0 Å². The number of benzene rings is 1. The monoisotopic (exact) mass is 499 g/mol. The molecule has 0 spiro atoms. The van der Waals surface area contributed by atoms with Gasteiger partial charge in [-0.2, -0.15) is 10.1 Å². The Morgan fingerprint density at radius 3 is 2.53 bits per heavy atom. The Balaban J connectivity index is 1.55. The molecule has 0 unspecified atom stereocenters. The highest BCUT2D eigenvalue weighted by atomic mass is 19.2. The second-order valence-electron chi connectivity index (χ2n) is 8.62. The molecule has 0 aliphatic heterocycles. The van der Waals surface area contributed by atoms with E-state index in [1.807, 2.05) is 6.92 Å². The molecule has 0 bridgehead atoms. The van der Waals surface area contributed by atoms with Gasteiger partial charge in [0.05, 0.1) is 18.8 Å². The summed E-state index contributed by atoms with van der Waals surface area (Å²) in [5.74, 6) is -4.57. The standard InChI is InChI=1S/C23H20F3N7O3/c1-11-8-28-31-19(11)14-7-17(14)29-21-30-22(35)33(10-13-3-2-4-27-20(13)34)23(36)32(21)9-12-5-15(24)18(26)16(25)6-12/h2-6,8,14,17H,7,9-10H2,1H3,(H,27,34)(H,28,31)(H,29,30,35)/t14-,17-/m1/s1. The van der Waals surface area contributed by atoms with Crippen molar-refractivity contribution in [3.8, 4) is 0 Å². The van der Waals surface area contributed by atoms with Gasteiger partial charge in [0, 0.05) is 29.9 Å². The van der Waals surface area contributed by atoms with Crippen LogP contribution in [0.1, 0.15) is 34.7 Å². The van der Waals surface area contributed by atoms with Gasteiger partial charge in [-0.1, -0.05) is 6.07 Å². The summed E-state index contributed by atoms with van der Waals surface area (Å²) in [7, 11) is 0. The lowest BCUT2D eigenvalue weighted by Gasteiger charge is -2.16. The van der Waals surface area contributed by atoms with Gasteiger partial charge in [-0.25, -0.2) is 27.3 Å². The molecule has 10 nitrogen and oxygen atoms in total. The molecule has 0 radical (unpaired) electrons. The Morgan fingerprint density at radius 2 is 1.86 bits per heavy atom. The van der Waals surface area contributed by atoms with Gasteiger partial charge in [-0.3, -0.25) is 14.5 Å². The van der Waals surface area contributed by atoms with Crippen molar-refractivity contribution in [3.63, 3.8) is 0 Å². The summed E-state index contributed by atoms with van der Waals surface area (Å²) < 4.78 is 42.9. The Bertz CT molecular complexity index is 1620. The van der Waals surface area contributed by atoms with E-state index in [0.29, 0.717) is 6.42 Å². The highest BCUT2D eigenvalue weighted by molar-refractivity contribution is 5.37. The van der Waals surface area contributed by atoms with Crippen LogP contribution in [0.15, 0.2) is 51.0 Å². The fourth-order valence-electron chi connectivity index (χ4n) is 4.11. The van der Waals surface area contributed by atoms with E-state index in [9.17, 15) is 27.6 Å². The number of halogens is 3. The van der Waals surface area contributed by atoms with Crippen LogP contribution in [0.25, 0.3) is 0 Å². The molecule has 3 aromatic heterocycles. The number of aromatic amines is 2. The number of nitrogens with zero attached hydrogens (tertiary/aromatic N) is 4. The average molecular weight is 499 g/mol. The highest BCUT2D eigenvalue weighted by Crippen LogP contribution is 2.42. The van der Waals surface area contributed by atoms with Gasteiger partial charge in [0.1, 0.15) is 0 Å². The molecule has 0 amide bonds. The van der Waals surface area contributed by atoms with E-state index >= 15 is 0 Å². The quantitative estimate of drug-likeness (QED) is 0.331. The fraction of sp³-hybridized carbons (Fsp3) is 0.261. The molecule has 4 aromatic rings. The second kappa shape index (κ2) is 8.98. The third-order valence-electron chi connectivity index (χ3n) is 6.09. The number of nitrogens with one attached hydrogen (secondary N) is 3. The van der Waals surface area contributed by atoms with Crippen molar-refractivity contribution in [1.82, 2.24) is 29.3 Å².